The van der Waals surface area contributed by atoms with Crippen molar-refractivity contribution in [1.29, 1.82) is 0 Å². The molecule has 0 fully saturated rings. The van der Waals surface area contributed by atoms with Crippen LogP contribution >= 0.6 is 0 Å². The molecule has 0 saturated carbocycles. The van der Waals surface area contributed by atoms with Gasteiger partial charge in [-0.25, -0.2) is 26.9 Å². The van der Waals surface area contributed by atoms with E-state index in [1.54, 1.807) is 20.8 Å². The van der Waals surface area contributed by atoms with Gasteiger partial charge >= 0.3 is 5.97 Å². The first-order valence-electron chi connectivity index (χ1n) is 8.33. The third-order valence-electron chi connectivity index (χ3n) is 3.88. The van der Waals surface area contributed by atoms with E-state index in [9.17, 15) is 17.8 Å². The molecule has 0 bridgehead atoms. The first kappa shape index (κ1) is 22.6. The lowest BCUT2D eigenvalue weighted by molar-refractivity contribution is -0.150. The first-order valence-corrected chi connectivity index (χ1v) is 9.48. The van der Waals surface area contributed by atoms with Gasteiger partial charge in [0.1, 0.15) is 12.0 Å². The molecule has 1 aromatic carbocycles. The minimum atomic E-state index is -2.21. The Morgan fingerprint density at radius 3 is 2.31 bits per heavy atom. The number of hydrogen-bond donors (Lipinski definition) is 1. The average molecular weight is 393 g/mol. The molecular formula is C18H26F3NO3S. The number of carbonyl (C=O) groups is 1. The number of benzene rings is 1. The summed E-state index contributed by atoms with van der Waals surface area (Å²) in [6.45, 7) is 7.78. The number of ether oxygens (including phenoxy) is 1. The van der Waals surface area contributed by atoms with Crippen LogP contribution < -0.4 is 4.72 Å². The van der Waals surface area contributed by atoms with Crippen molar-refractivity contribution in [3.8, 4) is 0 Å². The summed E-state index contributed by atoms with van der Waals surface area (Å²) in [5.74, 6) is -1.90. The van der Waals surface area contributed by atoms with Gasteiger partial charge in [-0.05, 0) is 40.7 Å². The van der Waals surface area contributed by atoms with Crippen molar-refractivity contribution < 1.29 is 26.9 Å². The Bertz CT molecular complexity index is 651. The van der Waals surface area contributed by atoms with Gasteiger partial charge in [0.2, 0.25) is 0 Å². The predicted octanol–water partition coefficient (Wildman–Crippen LogP) is 3.72. The van der Waals surface area contributed by atoms with Crippen LogP contribution in [0.25, 0.3) is 0 Å². The van der Waals surface area contributed by atoms with Gasteiger partial charge in [0.05, 0.1) is 27.9 Å². The summed E-state index contributed by atoms with van der Waals surface area (Å²) >= 11 is 0. The van der Waals surface area contributed by atoms with Gasteiger partial charge in [-0.2, -0.15) is 0 Å². The number of alkyl halides is 2. The third kappa shape index (κ3) is 5.54. The van der Waals surface area contributed by atoms with Crippen molar-refractivity contribution in [1.82, 2.24) is 4.72 Å². The SMILES string of the molecule is CCOC(=O)C(F)C[C@@H](F)[C@](C)(N[S@](=O)C(C)(C)C)c1ccccc1F. The molecule has 0 saturated heterocycles. The zero-order valence-corrected chi connectivity index (χ0v) is 16.5. The van der Waals surface area contributed by atoms with Gasteiger partial charge < -0.3 is 4.74 Å². The summed E-state index contributed by atoms with van der Waals surface area (Å²) in [6, 6.07) is 5.42. The monoisotopic (exact) mass is 393 g/mol. The predicted molar refractivity (Wildman–Crippen MR) is 95.8 cm³/mol. The van der Waals surface area contributed by atoms with Gasteiger partial charge in [0.15, 0.2) is 6.17 Å². The topological polar surface area (TPSA) is 55.4 Å². The van der Waals surface area contributed by atoms with E-state index in [1.165, 1.54) is 32.0 Å². The zero-order valence-electron chi connectivity index (χ0n) is 15.6. The summed E-state index contributed by atoms with van der Waals surface area (Å²) in [5.41, 5.74) is -1.90. The van der Waals surface area contributed by atoms with Crippen LogP contribution in [0.2, 0.25) is 0 Å². The summed E-state index contributed by atoms with van der Waals surface area (Å²) in [5, 5.41) is 0. The van der Waals surface area contributed by atoms with Crippen LogP contribution in [0.3, 0.4) is 0 Å². The van der Waals surface area contributed by atoms with E-state index in [0.29, 0.717) is 0 Å². The maximum absolute atomic E-state index is 15.1. The molecule has 0 aliphatic carbocycles. The van der Waals surface area contributed by atoms with Crippen molar-refractivity contribution in [2.24, 2.45) is 0 Å². The molecular weight excluding hydrogens is 367 g/mol. The highest BCUT2D eigenvalue weighted by molar-refractivity contribution is 7.84. The van der Waals surface area contributed by atoms with Gasteiger partial charge in [-0.1, -0.05) is 18.2 Å². The van der Waals surface area contributed by atoms with Crippen LogP contribution in [0.15, 0.2) is 24.3 Å². The molecule has 0 aliphatic heterocycles. The molecule has 1 N–H and O–H groups in total. The molecule has 8 heteroatoms. The van der Waals surface area contributed by atoms with Crippen molar-refractivity contribution in [2.45, 2.75) is 63.7 Å². The molecule has 4 nitrogen and oxygen atoms in total. The largest absolute Gasteiger partial charge is 0.464 e. The molecule has 1 rings (SSSR count). The van der Waals surface area contributed by atoms with Crippen molar-refractivity contribution in [3.05, 3.63) is 35.6 Å². The fraction of sp³-hybridized carbons (Fsp3) is 0.611. The number of hydrogen-bond acceptors (Lipinski definition) is 3. The maximum Gasteiger partial charge on any atom is 0.340 e. The average Bonchev–Trinajstić information content (AvgIpc) is 2.54. The molecule has 0 aromatic heterocycles. The number of carbonyl (C=O) groups excluding carboxylic acids is 1. The van der Waals surface area contributed by atoms with E-state index in [2.05, 4.69) is 9.46 Å². The van der Waals surface area contributed by atoms with Gasteiger partial charge in [0, 0.05) is 12.0 Å². The van der Waals surface area contributed by atoms with Crippen molar-refractivity contribution >= 4 is 17.0 Å². The van der Waals surface area contributed by atoms with Crippen LogP contribution in [0, 0.1) is 5.82 Å². The third-order valence-corrected chi connectivity index (χ3v) is 5.60. The number of halogens is 3. The Hall–Kier alpha value is -1.41. The second-order valence-corrected chi connectivity index (χ2v) is 9.05. The molecule has 0 amide bonds. The lowest BCUT2D eigenvalue weighted by atomic mass is 9.85. The van der Waals surface area contributed by atoms with Crippen LogP contribution in [0.4, 0.5) is 13.2 Å². The van der Waals surface area contributed by atoms with E-state index in [-0.39, 0.29) is 12.2 Å². The smallest absolute Gasteiger partial charge is 0.340 e. The standard InChI is InChI=1S/C18H26F3NO3S/c1-6-25-16(23)14(20)11-15(21)18(5,22-26(24)17(2,3)4)12-9-7-8-10-13(12)19/h7-10,14-15,22H,6,11H2,1-5H3/t14?,15-,18-,26-/m1/s1. The van der Waals surface area contributed by atoms with E-state index < -0.39 is 51.8 Å². The van der Waals surface area contributed by atoms with Crippen LogP contribution in [0.5, 0.6) is 0 Å². The van der Waals surface area contributed by atoms with Crippen molar-refractivity contribution in [2.75, 3.05) is 6.61 Å². The molecule has 0 aliphatic rings. The first-order chi connectivity index (χ1) is 11.9. The number of rotatable bonds is 8. The van der Waals surface area contributed by atoms with Gasteiger partial charge in [0.25, 0.3) is 0 Å². The molecule has 26 heavy (non-hydrogen) atoms. The minimum absolute atomic E-state index is 0.0346. The zero-order chi connectivity index (χ0) is 20.1. The van der Waals surface area contributed by atoms with E-state index in [0.717, 1.165) is 6.07 Å². The highest BCUT2D eigenvalue weighted by Gasteiger charge is 2.43. The second-order valence-electron chi connectivity index (χ2n) is 7.09. The molecule has 1 unspecified atom stereocenters. The molecule has 0 radical (unpaired) electrons. The fourth-order valence-electron chi connectivity index (χ4n) is 2.26. The highest BCUT2D eigenvalue weighted by atomic mass is 32.2. The van der Waals surface area contributed by atoms with E-state index >= 15 is 4.39 Å². The normalized spacial score (nSPS) is 17.8. The van der Waals surface area contributed by atoms with Gasteiger partial charge in [-0.3, -0.25) is 0 Å². The number of esters is 1. The van der Waals surface area contributed by atoms with Gasteiger partial charge in [-0.15, -0.1) is 0 Å². The second kappa shape index (κ2) is 8.99. The van der Waals surface area contributed by atoms with Crippen LogP contribution in [-0.2, 0) is 26.1 Å². The van der Waals surface area contributed by atoms with Crippen LogP contribution in [0.1, 0.15) is 46.6 Å². The fourth-order valence-corrected chi connectivity index (χ4v) is 3.19. The van der Waals surface area contributed by atoms with Crippen LogP contribution in [-0.4, -0.2) is 33.9 Å². The lowest BCUT2D eigenvalue weighted by Gasteiger charge is -2.36. The quantitative estimate of drug-likeness (QED) is 0.685. The van der Waals surface area contributed by atoms with E-state index in [1.807, 2.05) is 0 Å². The molecule has 0 heterocycles. The number of nitrogens with one attached hydrogen (secondary N) is 1. The summed E-state index contributed by atoms with van der Waals surface area (Å²) in [6.07, 6.45) is -5.09. The minimum Gasteiger partial charge on any atom is -0.464 e. The Morgan fingerprint density at radius 1 is 1.23 bits per heavy atom. The summed E-state index contributed by atoms with van der Waals surface area (Å²) in [4.78, 5) is 11.5. The Morgan fingerprint density at radius 2 is 1.81 bits per heavy atom. The molecule has 4 atom stereocenters. The summed E-state index contributed by atoms with van der Waals surface area (Å²) in [7, 11) is -1.76. The maximum atomic E-state index is 15.1. The molecule has 148 valence electrons. The lowest BCUT2D eigenvalue weighted by Crippen LogP contribution is -2.53. The molecule has 1 aromatic rings. The Balaban J connectivity index is 3.21. The highest BCUT2D eigenvalue weighted by Crippen LogP contribution is 2.33. The Kier molecular flexibility index (Phi) is 7.83. The summed E-state index contributed by atoms with van der Waals surface area (Å²) < 4.78 is 62.4. The van der Waals surface area contributed by atoms with E-state index in [4.69, 9.17) is 0 Å². The van der Waals surface area contributed by atoms with Crippen molar-refractivity contribution in [3.63, 3.8) is 0 Å². The molecule has 0 spiro atoms. The Labute approximate surface area is 155 Å².